The lowest BCUT2D eigenvalue weighted by atomic mass is 9.79. The molecule has 0 aromatic carbocycles. The smallest absolute Gasteiger partial charge is 0.0103 e. The maximum atomic E-state index is 3.97. The van der Waals surface area contributed by atoms with Gasteiger partial charge in [0.1, 0.15) is 0 Å². The van der Waals surface area contributed by atoms with E-state index in [0.717, 1.165) is 29.7 Å². The van der Waals surface area contributed by atoms with E-state index in [9.17, 15) is 0 Å². The normalized spacial score (nSPS) is 41.6. The van der Waals surface area contributed by atoms with Crippen LogP contribution in [0.3, 0.4) is 0 Å². The van der Waals surface area contributed by atoms with Crippen molar-refractivity contribution in [1.29, 1.82) is 0 Å². The SMILES string of the molecule is CC(Cc1cccs1)NC1CC2CC1C1CCCC21. The van der Waals surface area contributed by atoms with Crippen LogP contribution in [-0.2, 0) is 6.42 Å². The van der Waals surface area contributed by atoms with E-state index in [-0.39, 0.29) is 0 Å². The summed E-state index contributed by atoms with van der Waals surface area (Å²) in [7, 11) is 0. The molecule has 3 saturated carbocycles. The Kier molecular flexibility index (Phi) is 3.19. The van der Waals surface area contributed by atoms with Crippen molar-refractivity contribution in [2.75, 3.05) is 0 Å². The van der Waals surface area contributed by atoms with E-state index in [1.54, 1.807) is 12.8 Å². The first-order valence-corrected chi connectivity index (χ1v) is 8.97. The number of fused-ring (bicyclic) bond motifs is 5. The second-order valence-corrected chi connectivity index (χ2v) is 8.14. The van der Waals surface area contributed by atoms with E-state index < -0.39 is 0 Å². The van der Waals surface area contributed by atoms with Crippen LogP contribution in [0.5, 0.6) is 0 Å². The summed E-state index contributed by atoms with van der Waals surface area (Å²) in [5, 5.41) is 6.16. The molecular formula is C17H25NS. The number of rotatable bonds is 4. The molecule has 1 heterocycles. The Balaban J connectivity index is 1.37. The molecule has 1 aromatic heterocycles. The molecule has 6 atom stereocenters. The number of thiophene rings is 1. The summed E-state index contributed by atoms with van der Waals surface area (Å²) in [6, 6.07) is 5.92. The first kappa shape index (κ1) is 12.4. The Morgan fingerprint density at radius 3 is 3.00 bits per heavy atom. The molecular weight excluding hydrogens is 250 g/mol. The van der Waals surface area contributed by atoms with Crippen LogP contribution in [0.4, 0.5) is 0 Å². The van der Waals surface area contributed by atoms with E-state index >= 15 is 0 Å². The summed E-state index contributed by atoms with van der Waals surface area (Å²) < 4.78 is 0. The zero-order chi connectivity index (χ0) is 12.8. The molecule has 1 aromatic rings. The average molecular weight is 275 g/mol. The van der Waals surface area contributed by atoms with Gasteiger partial charge in [0.25, 0.3) is 0 Å². The molecule has 2 heteroatoms. The van der Waals surface area contributed by atoms with Gasteiger partial charge in [-0.05, 0) is 74.1 Å². The van der Waals surface area contributed by atoms with Crippen molar-refractivity contribution >= 4 is 11.3 Å². The fourth-order valence-corrected chi connectivity index (χ4v) is 6.25. The molecule has 0 saturated heterocycles. The van der Waals surface area contributed by atoms with Crippen LogP contribution >= 0.6 is 11.3 Å². The maximum Gasteiger partial charge on any atom is 0.0103 e. The molecule has 2 bridgehead atoms. The van der Waals surface area contributed by atoms with Crippen LogP contribution in [0.1, 0.15) is 43.9 Å². The highest BCUT2D eigenvalue weighted by atomic mass is 32.1. The summed E-state index contributed by atoms with van der Waals surface area (Å²) in [5.41, 5.74) is 0. The van der Waals surface area contributed by atoms with Crippen molar-refractivity contribution < 1.29 is 0 Å². The molecule has 0 spiro atoms. The molecule has 0 amide bonds. The van der Waals surface area contributed by atoms with Gasteiger partial charge in [0, 0.05) is 17.0 Å². The number of hydrogen-bond donors (Lipinski definition) is 1. The van der Waals surface area contributed by atoms with E-state index in [1.165, 1.54) is 30.6 Å². The van der Waals surface area contributed by atoms with Gasteiger partial charge >= 0.3 is 0 Å². The van der Waals surface area contributed by atoms with Gasteiger partial charge in [-0.1, -0.05) is 12.5 Å². The predicted molar refractivity (Wildman–Crippen MR) is 81.5 cm³/mol. The average Bonchev–Trinajstić information content (AvgIpc) is 3.10. The molecule has 6 unspecified atom stereocenters. The fourth-order valence-electron chi connectivity index (χ4n) is 5.41. The molecule has 3 aliphatic rings. The largest absolute Gasteiger partial charge is 0.311 e. The molecule has 3 fully saturated rings. The van der Waals surface area contributed by atoms with E-state index in [4.69, 9.17) is 0 Å². The number of hydrogen-bond acceptors (Lipinski definition) is 2. The topological polar surface area (TPSA) is 12.0 Å². The highest BCUT2D eigenvalue weighted by Crippen LogP contribution is 2.58. The Morgan fingerprint density at radius 2 is 2.16 bits per heavy atom. The van der Waals surface area contributed by atoms with Crippen molar-refractivity contribution in [2.24, 2.45) is 23.7 Å². The molecule has 1 N–H and O–H groups in total. The van der Waals surface area contributed by atoms with Crippen LogP contribution in [0.25, 0.3) is 0 Å². The molecule has 0 radical (unpaired) electrons. The van der Waals surface area contributed by atoms with Crippen LogP contribution in [0.15, 0.2) is 17.5 Å². The Morgan fingerprint density at radius 1 is 1.26 bits per heavy atom. The third kappa shape index (κ3) is 2.17. The van der Waals surface area contributed by atoms with Gasteiger partial charge in [-0.25, -0.2) is 0 Å². The lowest BCUT2D eigenvalue weighted by molar-refractivity contribution is 0.200. The third-order valence-corrected chi connectivity index (χ3v) is 6.91. The quantitative estimate of drug-likeness (QED) is 0.872. The molecule has 1 nitrogen and oxygen atoms in total. The van der Waals surface area contributed by atoms with Gasteiger partial charge in [-0.3, -0.25) is 0 Å². The summed E-state index contributed by atoms with van der Waals surface area (Å²) in [6.45, 7) is 2.37. The third-order valence-electron chi connectivity index (χ3n) is 6.01. The van der Waals surface area contributed by atoms with Gasteiger partial charge in [0.15, 0.2) is 0 Å². The first-order valence-electron chi connectivity index (χ1n) is 8.09. The molecule has 104 valence electrons. The maximum absolute atomic E-state index is 3.97. The summed E-state index contributed by atoms with van der Waals surface area (Å²) >= 11 is 1.90. The summed E-state index contributed by atoms with van der Waals surface area (Å²) in [6.07, 6.45) is 8.81. The summed E-state index contributed by atoms with van der Waals surface area (Å²) in [4.78, 5) is 1.53. The second-order valence-electron chi connectivity index (χ2n) is 7.11. The van der Waals surface area contributed by atoms with E-state index in [1.807, 2.05) is 11.3 Å². The zero-order valence-corrected chi connectivity index (χ0v) is 12.7. The molecule has 4 rings (SSSR count). The van der Waals surface area contributed by atoms with E-state index in [0.29, 0.717) is 6.04 Å². The highest BCUT2D eigenvalue weighted by Gasteiger charge is 2.53. The lowest BCUT2D eigenvalue weighted by Gasteiger charge is -2.34. The highest BCUT2D eigenvalue weighted by molar-refractivity contribution is 7.09. The van der Waals surface area contributed by atoms with Crippen molar-refractivity contribution in [3.05, 3.63) is 22.4 Å². The van der Waals surface area contributed by atoms with Gasteiger partial charge in [0.2, 0.25) is 0 Å². The van der Waals surface area contributed by atoms with Crippen LogP contribution in [0, 0.1) is 23.7 Å². The minimum absolute atomic E-state index is 0.642. The Labute approximate surface area is 120 Å². The van der Waals surface area contributed by atoms with Crippen LogP contribution < -0.4 is 5.32 Å². The molecule has 3 aliphatic carbocycles. The van der Waals surface area contributed by atoms with Crippen molar-refractivity contribution in [3.63, 3.8) is 0 Å². The van der Waals surface area contributed by atoms with Crippen molar-refractivity contribution in [2.45, 2.75) is 57.5 Å². The standard InChI is InChI=1S/C17H25NS/c1-11(8-13-4-3-7-19-13)18-17-10-12-9-16(17)15-6-2-5-14(12)15/h3-4,7,11-12,14-18H,2,5-6,8-10H2,1H3. The Bertz CT molecular complexity index is 426. The molecule has 19 heavy (non-hydrogen) atoms. The minimum Gasteiger partial charge on any atom is -0.311 e. The van der Waals surface area contributed by atoms with Crippen LogP contribution in [0.2, 0.25) is 0 Å². The van der Waals surface area contributed by atoms with Gasteiger partial charge in [0.05, 0.1) is 0 Å². The number of nitrogens with one attached hydrogen (secondary N) is 1. The van der Waals surface area contributed by atoms with Gasteiger partial charge in [-0.15, -0.1) is 11.3 Å². The van der Waals surface area contributed by atoms with Gasteiger partial charge < -0.3 is 5.32 Å². The summed E-state index contributed by atoms with van der Waals surface area (Å²) in [5.74, 6) is 4.30. The zero-order valence-electron chi connectivity index (χ0n) is 11.8. The van der Waals surface area contributed by atoms with Crippen molar-refractivity contribution in [1.82, 2.24) is 5.32 Å². The lowest BCUT2D eigenvalue weighted by Crippen LogP contribution is -2.44. The second kappa shape index (κ2) is 4.89. The first-order chi connectivity index (χ1) is 9.31. The Hall–Kier alpha value is -0.340. The fraction of sp³-hybridized carbons (Fsp3) is 0.765. The predicted octanol–water partition coefficient (Wildman–Crippen LogP) is 4.09. The van der Waals surface area contributed by atoms with E-state index in [2.05, 4.69) is 29.8 Å². The van der Waals surface area contributed by atoms with Crippen molar-refractivity contribution in [3.8, 4) is 0 Å². The van der Waals surface area contributed by atoms with Crippen LogP contribution in [-0.4, -0.2) is 12.1 Å². The monoisotopic (exact) mass is 275 g/mol. The van der Waals surface area contributed by atoms with Gasteiger partial charge in [-0.2, -0.15) is 0 Å². The minimum atomic E-state index is 0.642. The molecule has 0 aliphatic heterocycles.